The Morgan fingerprint density at radius 3 is 2.79 bits per heavy atom. The Morgan fingerprint density at radius 1 is 1.53 bits per heavy atom. The zero-order chi connectivity index (χ0) is 14.5. The van der Waals surface area contributed by atoms with Gasteiger partial charge in [-0.15, -0.1) is 0 Å². The second-order valence-electron chi connectivity index (χ2n) is 4.09. The van der Waals surface area contributed by atoms with Gasteiger partial charge in [0.05, 0.1) is 18.1 Å². The topological polar surface area (TPSA) is 81.4 Å². The predicted molar refractivity (Wildman–Crippen MR) is 79.4 cm³/mol. The van der Waals surface area contributed by atoms with Gasteiger partial charge in [0.1, 0.15) is 0 Å². The molecule has 7 heteroatoms. The third kappa shape index (κ3) is 5.32. The van der Waals surface area contributed by atoms with Gasteiger partial charge in [-0.05, 0) is 41.1 Å². The van der Waals surface area contributed by atoms with Crippen LogP contribution in [0.3, 0.4) is 0 Å². The molecule has 0 spiro atoms. The van der Waals surface area contributed by atoms with Gasteiger partial charge in [-0.3, -0.25) is 0 Å². The smallest absolute Gasteiger partial charge is 0.240 e. The fraction of sp³-hybridized carbons (Fsp3) is 0.333. The number of hydrogen-bond donors (Lipinski definition) is 2. The van der Waals surface area contributed by atoms with Gasteiger partial charge in [0, 0.05) is 16.7 Å². The molecule has 0 unspecified atom stereocenters. The number of halogens is 1. The van der Waals surface area contributed by atoms with E-state index in [1.807, 2.05) is 6.92 Å². The molecule has 0 bridgehead atoms. The Morgan fingerprint density at radius 2 is 2.21 bits per heavy atom. The van der Waals surface area contributed by atoms with Crippen LogP contribution in [0.4, 0.5) is 5.69 Å². The van der Waals surface area contributed by atoms with Crippen LogP contribution >= 0.6 is 15.9 Å². The van der Waals surface area contributed by atoms with Crippen molar-refractivity contribution in [3.05, 3.63) is 34.8 Å². The maximum atomic E-state index is 11.9. The standard InChI is InChI=1S/C12H17BrN2O3S/c1-9(2)8-18-6-5-15-19(16,17)10-3-4-11(13)12(14)7-10/h3-4,7,15H,1,5-6,8,14H2,2H3. The first kappa shape index (κ1) is 16.2. The molecule has 0 aliphatic carbocycles. The number of ether oxygens (including phenoxy) is 1. The number of benzene rings is 1. The zero-order valence-corrected chi connectivity index (χ0v) is 13.1. The highest BCUT2D eigenvalue weighted by Crippen LogP contribution is 2.22. The van der Waals surface area contributed by atoms with E-state index in [-0.39, 0.29) is 18.0 Å². The third-order valence-electron chi connectivity index (χ3n) is 2.16. The molecule has 0 amide bonds. The molecule has 0 heterocycles. The molecule has 0 fully saturated rings. The zero-order valence-electron chi connectivity index (χ0n) is 10.6. The monoisotopic (exact) mass is 348 g/mol. The number of hydrogen-bond acceptors (Lipinski definition) is 4. The van der Waals surface area contributed by atoms with Crippen molar-refractivity contribution in [3.63, 3.8) is 0 Å². The van der Waals surface area contributed by atoms with Crippen molar-refractivity contribution in [1.29, 1.82) is 0 Å². The first-order valence-corrected chi connectivity index (χ1v) is 7.87. The minimum atomic E-state index is -3.55. The average molecular weight is 349 g/mol. The Kier molecular flexibility index (Phi) is 5.99. The fourth-order valence-corrected chi connectivity index (χ4v) is 2.56. The van der Waals surface area contributed by atoms with Crippen LogP contribution < -0.4 is 10.5 Å². The maximum Gasteiger partial charge on any atom is 0.240 e. The third-order valence-corrected chi connectivity index (χ3v) is 4.35. The van der Waals surface area contributed by atoms with Crippen LogP contribution in [0.25, 0.3) is 0 Å². The number of rotatable bonds is 7. The van der Waals surface area contributed by atoms with E-state index in [0.29, 0.717) is 16.8 Å². The normalized spacial score (nSPS) is 11.5. The Balaban J connectivity index is 2.56. The van der Waals surface area contributed by atoms with E-state index in [1.165, 1.54) is 12.1 Å². The van der Waals surface area contributed by atoms with Gasteiger partial charge in [-0.25, -0.2) is 13.1 Å². The Hall–Kier alpha value is -0.890. The Labute approximate surface area is 122 Å². The largest absolute Gasteiger partial charge is 0.398 e. The van der Waals surface area contributed by atoms with Gasteiger partial charge < -0.3 is 10.5 Å². The molecule has 1 rings (SSSR count). The number of nitrogens with one attached hydrogen (secondary N) is 1. The summed E-state index contributed by atoms with van der Waals surface area (Å²) in [6.07, 6.45) is 0. The van der Waals surface area contributed by atoms with Crippen molar-refractivity contribution in [2.45, 2.75) is 11.8 Å². The molecule has 106 valence electrons. The quantitative estimate of drug-likeness (QED) is 0.448. The highest BCUT2D eigenvalue weighted by molar-refractivity contribution is 9.10. The van der Waals surface area contributed by atoms with Gasteiger partial charge >= 0.3 is 0 Å². The molecule has 0 aromatic heterocycles. The van der Waals surface area contributed by atoms with Crippen molar-refractivity contribution >= 4 is 31.6 Å². The molecular weight excluding hydrogens is 332 g/mol. The summed E-state index contributed by atoms with van der Waals surface area (Å²) in [6, 6.07) is 4.49. The molecule has 0 atom stereocenters. The summed E-state index contributed by atoms with van der Waals surface area (Å²) in [5, 5.41) is 0. The number of nitrogen functional groups attached to an aromatic ring is 1. The van der Waals surface area contributed by atoms with Crippen LogP contribution in [-0.4, -0.2) is 28.2 Å². The van der Waals surface area contributed by atoms with Crippen LogP contribution in [0.1, 0.15) is 6.92 Å². The first-order valence-electron chi connectivity index (χ1n) is 5.60. The number of sulfonamides is 1. The van der Waals surface area contributed by atoms with Crippen molar-refractivity contribution in [2.75, 3.05) is 25.5 Å². The summed E-state index contributed by atoms with van der Waals surface area (Å²) >= 11 is 3.21. The minimum absolute atomic E-state index is 0.133. The molecular formula is C12H17BrN2O3S. The van der Waals surface area contributed by atoms with Crippen molar-refractivity contribution in [1.82, 2.24) is 4.72 Å². The molecule has 1 aromatic rings. The van der Waals surface area contributed by atoms with Crippen molar-refractivity contribution in [3.8, 4) is 0 Å². The number of nitrogens with two attached hydrogens (primary N) is 1. The molecule has 3 N–H and O–H groups in total. The van der Waals surface area contributed by atoms with E-state index in [2.05, 4.69) is 27.2 Å². The molecule has 0 aliphatic heterocycles. The molecule has 1 aromatic carbocycles. The summed E-state index contributed by atoms with van der Waals surface area (Å²) in [6.45, 7) is 6.44. The van der Waals surface area contributed by atoms with Crippen LogP contribution in [0.2, 0.25) is 0 Å². The van der Waals surface area contributed by atoms with Gasteiger partial charge in [0.2, 0.25) is 10.0 Å². The second-order valence-corrected chi connectivity index (χ2v) is 6.71. The van der Waals surface area contributed by atoms with Crippen molar-refractivity contribution in [2.24, 2.45) is 0 Å². The van der Waals surface area contributed by atoms with E-state index >= 15 is 0 Å². The summed E-state index contributed by atoms with van der Waals surface area (Å²) in [5.41, 5.74) is 6.92. The van der Waals surface area contributed by atoms with Gasteiger partial charge in [0.25, 0.3) is 0 Å². The lowest BCUT2D eigenvalue weighted by Crippen LogP contribution is -2.27. The molecule has 0 aliphatic rings. The van der Waals surface area contributed by atoms with Gasteiger partial charge in [0.15, 0.2) is 0 Å². The molecule has 0 saturated heterocycles. The summed E-state index contributed by atoms with van der Waals surface area (Å²) in [4.78, 5) is 0.133. The minimum Gasteiger partial charge on any atom is -0.398 e. The van der Waals surface area contributed by atoms with E-state index < -0.39 is 10.0 Å². The second kappa shape index (κ2) is 7.04. The summed E-state index contributed by atoms with van der Waals surface area (Å²) in [5.74, 6) is 0. The van der Waals surface area contributed by atoms with Crippen LogP contribution in [0, 0.1) is 0 Å². The van der Waals surface area contributed by atoms with Gasteiger partial charge in [-0.2, -0.15) is 0 Å². The van der Waals surface area contributed by atoms with Crippen molar-refractivity contribution < 1.29 is 13.2 Å². The van der Waals surface area contributed by atoms with E-state index in [9.17, 15) is 8.42 Å². The first-order chi connectivity index (χ1) is 8.83. The SMILES string of the molecule is C=C(C)COCCNS(=O)(=O)c1ccc(Br)c(N)c1. The fourth-order valence-electron chi connectivity index (χ4n) is 1.27. The summed E-state index contributed by atoms with van der Waals surface area (Å²) in [7, 11) is -3.55. The molecule has 0 saturated carbocycles. The van der Waals surface area contributed by atoms with Crippen LogP contribution in [-0.2, 0) is 14.8 Å². The predicted octanol–water partition coefficient (Wildman–Crippen LogP) is 1.90. The highest BCUT2D eigenvalue weighted by Gasteiger charge is 2.14. The molecule has 5 nitrogen and oxygen atoms in total. The lowest BCUT2D eigenvalue weighted by atomic mass is 10.3. The molecule has 19 heavy (non-hydrogen) atoms. The van der Waals surface area contributed by atoms with Gasteiger partial charge in [-0.1, -0.05) is 12.2 Å². The average Bonchev–Trinajstić information content (AvgIpc) is 2.31. The Bertz CT molecular complexity index is 558. The maximum absolute atomic E-state index is 11.9. The number of anilines is 1. The summed E-state index contributed by atoms with van der Waals surface area (Å²) < 4.78 is 32.2. The van der Waals surface area contributed by atoms with Crippen LogP contribution in [0.5, 0.6) is 0 Å². The lowest BCUT2D eigenvalue weighted by molar-refractivity contribution is 0.162. The van der Waals surface area contributed by atoms with E-state index in [1.54, 1.807) is 6.07 Å². The van der Waals surface area contributed by atoms with Crippen LogP contribution in [0.15, 0.2) is 39.7 Å². The van der Waals surface area contributed by atoms with E-state index in [4.69, 9.17) is 10.5 Å². The molecule has 0 radical (unpaired) electrons. The lowest BCUT2D eigenvalue weighted by Gasteiger charge is -2.08. The van der Waals surface area contributed by atoms with E-state index in [0.717, 1.165) is 5.57 Å². The highest BCUT2D eigenvalue weighted by atomic mass is 79.9.